The molecule has 8 nitrogen and oxygen atoms in total. The SMILES string of the molecule is CS(=O)(=O)N(CCO)c1c(Cl)c(Cl)cc2c1NC(O)C(O)N2. The number of anilines is 3. The van der Waals surface area contributed by atoms with E-state index < -0.39 is 29.1 Å². The molecule has 22 heavy (non-hydrogen) atoms. The number of rotatable bonds is 4. The van der Waals surface area contributed by atoms with E-state index in [-0.39, 0.29) is 33.7 Å². The van der Waals surface area contributed by atoms with Crippen LogP contribution in [0.1, 0.15) is 0 Å². The van der Waals surface area contributed by atoms with E-state index in [0.29, 0.717) is 0 Å². The van der Waals surface area contributed by atoms with Gasteiger partial charge in [0.1, 0.15) is 0 Å². The van der Waals surface area contributed by atoms with Gasteiger partial charge in [0.2, 0.25) is 10.0 Å². The van der Waals surface area contributed by atoms with Crippen LogP contribution in [0.15, 0.2) is 6.07 Å². The molecule has 0 bridgehead atoms. The van der Waals surface area contributed by atoms with Gasteiger partial charge in [-0.15, -0.1) is 0 Å². The zero-order valence-electron chi connectivity index (χ0n) is 11.4. The minimum atomic E-state index is -3.77. The van der Waals surface area contributed by atoms with Crippen molar-refractivity contribution in [2.45, 2.75) is 12.5 Å². The van der Waals surface area contributed by atoms with Gasteiger partial charge in [-0.2, -0.15) is 0 Å². The molecule has 2 rings (SSSR count). The second-order valence-electron chi connectivity index (χ2n) is 4.68. The van der Waals surface area contributed by atoms with Crippen molar-refractivity contribution >= 4 is 50.3 Å². The number of aliphatic hydroxyl groups excluding tert-OH is 3. The Morgan fingerprint density at radius 2 is 1.86 bits per heavy atom. The summed E-state index contributed by atoms with van der Waals surface area (Å²) in [5.41, 5.74) is 0.416. The molecule has 0 amide bonds. The van der Waals surface area contributed by atoms with E-state index in [9.17, 15) is 18.6 Å². The smallest absolute Gasteiger partial charge is 0.232 e. The van der Waals surface area contributed by atoms with Gasteiger partial charge in [-0.1, -0.05) is 23.2 Å². The highest BCUT2D eigenvalue weighted by Gasteiger charge is 2.32. The summed E-state index contributed by atoms with van der Waals surface area (Å²) in [5.74, 6) is 0. The highest BCUT2D eigenvalue weighted by Crippen LogP contribution is 2.46. The highest BCUT2D eigenvalue weighted by molar-refractivity contribution is 7.92. The number of fused-ring (bicyclic) bond motifs is 1. The molecule has 1 aliphatic heterocycles. The van der Waals surface area contributed by atoms with E-state index in [1.807, 2.05) is 0 Å². The summed E-state index contributed by atoms with van der Waals surface area (Å²) >= 11 is 12.1. The number of hydrogen-bond acceptors (Lipinski definition) is 7. The molecular formula is C11H15Cl2N3O5S. The van der Waals surface area contributed by atoms with E-state index in [4.69, 9.17) is 28.3 Å². The first-order chi connectivity index (χ1) is 10.2. The third-order valence-corrected chi connectivity index (χ3v) is 4.99. The Morgan fingerprint density at radius 1 is 1.27 bits per heavy atom. The fraction of sp³-hybridized carbons (Fsp3) is 0.455. The first-order valence-electron chi connectivity index (χ1n) is 6.16. The molecule has 1 aromatic rings. The first kappa shape index (κ1) is 17.4. The van der Waals surface area contributed by atoms with Crippen LogP contribution >= 0.6 is 23.2 Å². The molecule has 0 radical (unpaired) electrons. The fourth-order valence-electron chi connectivity index (χ4n) is 2.11. The van der Waals surface area contributed by atoms with Crippen molar-refractivity contribution in [3.63, 3.8) is 0 Å². The summed E-state index contributed by atoms with van der Waals surface area (Å²) in [5, 5.41) is 33.6. The van der Waals surface area contributed by atoms with Gasteiger partial charge >= 0.3 is 0 Å². The summed E-state index contributed by atoms with van der Waals surface area (Å²) in [6, 6.07) is 1.39. The highest BCUT2D eigenvalue weighted by atomic mass is 35.5. The van der Waals surface area contributed by atoms with Crippen molar-refractivity contribution in [2.75, 3.05) is 34.3 Å². The monoisotopic (exact) mass is 371 g/mol. The lowest BCUT2D eigenvalue weighted by Crippen LogP contribution is -2.44. The minimum Gasteiger partial charge on any atom is -0.394 e. The second kappa shape index (κ2) is 6.26. The van der Waals surface area contributed by atoms with Gasteiger partial charge in [-0.05, 0) is 6.07 Å². The standard InChI is InChI=1S/C11H15Cl2N3O5S/c1-22(20,21)16(2-3-17)9-7(13)5(12)4-6-8(9)15-11(19)10(18)14-6/h4,10-11,14-15,17-19H,2-3H2,1H3. The van der Waals surface area contributed by atoms with Crippen molar-refractivity contribution < 1.29 is 23.7 Å². The van der Waals surface area contributed by atoms with Crippen molar-refractivity contribution in [1.82, 2.24) is 0 Å². The lowest BCUT2D eigenvalue weighted by Gasteiger charge is -2.34. The summed E-state index contributed by atoms with van der Waals surface area (Å²) in [4.78, 5) is 0. The lowest BCUT2D eigenvalue weighted by molar-refractivity contribution is 0.0528. The summed E-state index contributed by atoms with van der Waals surface area (Å²) < 4.78 is 24.8. The van der Waals surface area contributed by atoms with Crippen LogP contribution in [0, 0.1) is 0 Å². The number of nitrogens with zero attached hydrogens (tertiary/aromatic N) is 1. The number of benzene rings is 1. The quantitative estimate of drug-likeness (QED) is 0.513. The topological polar surface area (TPSA) is 122 Å². The maximum absolute atomic E-state index is 12.0. The molecular weight excluding hydrogens is 357 g/mol. The summed E-state index contributed by atoms with van der Waals surface area (Å²) in [6.07, 6.45) is -1.73. The van der Waals surface area contributed by atoms with Crippen molar-refractivity contribution in [1.29, 1.82) is 0 Å². The average molecular weight is 372 g/mol. The van der Waals surface area contributed by atoms with Crippen LogP contribution in [0.4, 0.5) is 17.1 Å². The number of aliphatic hydroxyl groups is 3. The van der Waals surface area contributed by atoms with Gasteiger partial charge in [0, 0.05) is 0 Å². The van der Waals surface area contributed by atoms with Gasteiger partial charge in [-0.25, -0.2) is 8.42 Å². The third-order valence-electron chi connectivity index (χ3n) is 3.04. The zero-order chi connectivity index (χ0) is 16.7. The van der Waals surface area contributed by atoms with Gasteiger partial charge in [0.15, 0.2) is 12.5 Å². The Hall–Kier alpha value is -0.970. The maximum atomic E-state index is 12.0. The van der Waals surface area contributed by atoms with Gasteiger partial charge < -0.3 is 26.0 Å². The van der Waals surface area contributed by atoms with Crippen LogP contribution in [-0.4, -0.2) is 55.6 Å². The predicted octanol–water partition coefficient (Wildman–Crippen LogP) is 0.226. The average Bonchev–Trinajstić information content (AvgIpc) is 2.40. The van der Waals surface area contributed by atoms with Crippen LogP contribution in [0.25, 0.3) is 0 Å². The van der Waals surface area contributed by atoms with Gasteiger partial charge in [0.25, 0.3) is 0 Å². The van der Waals surface area contributed by atoms with Crippen molar-refractivity contribution in [3.05, 3.63) is 16.1 Å². The Morgan fingerprint density at radius 3 is 2.41 bits per heavy atom. The van der Waals surface area contributed by atoms with E-state index >= 15 is 0 Å². The number of halogens is 2. The number of hydrogen-bond donors (Lipinski definition) is 5. The molecule has 5 N–H and O–H groups in total. The summed E-state index contributed by atoms with van der Waals surface area (Å²) in [6.45, 7) is -0.686. The molecule has 0 spiro atoms. The molecule has 0 saturated heterocycles. The van der Waals surface area contributed by atoms with Crippen molar-refractivity contribution in [2.24, 2.45) is 0 Å². The largest absolute Gasteiger partial charge is 0.394 e. The van der Waals surface area contributed by atoms with Crippen LogP contribution in [0.2, 0.25) is 10.0 Å². The molecule has 0 aromatic heterocycles. The molecule has 124 valence electrons. The molecule has 0 aliphatic carbocycles. The van der Waals surface area contributed by atoms with Crippen molar-refractivity contribution in [3.8, 4) is 0 Å². The first-order valence-corrected chi connectivity index (χ1v) is 8.77. The van der Waals surface area contributed by atoms with Crippen LogP contribution in [-0.2, 0) is 10.0 Å². The summed E-state index contributed by atoms with van der Waals surface area (Å²) in [7, 11) is -3.77. The van der Waals surface area contributed by atoms with Crippen LogP contribution in [0.5, 0.6) is 0 Å². The normalized spacial score (nSPS) is 20.8. The third kappa shape index (κ3) is 3.19. The van der Waals surface area contributed by atoms with Crippen LogP contribution < -0.4 is 14.9 Å². The molecule has 1 aromatic carbocycles. The molecule has 1 heterocycles. The molecule has 11 heteroatoms. The Balaban J connectivity index is 2.69. The minimum absolute atomic E-state index is 0.0147. The van der Waals surface area contributed by atoms with E-state index in [0.717, 1.165) is 10.6 Å². The Kier molecular flexibility index (Phi) is 4.95. The fourth-order valence-corrected chi connectivity index (χ4v) is 3.53. The van der Waals surface area contributed by atoms with Gasteiger partial charge in [-0.3, -0.25) is 4.31 Å². The second-order valence-corrected chi connectivity index (χ2v) is 7.37. The predicted molar refractivity (Wildman–Crippen MR) is 85.0 cm³/mol. The molecule has 0 saturated carbocycles. The lowest BCUT2D eigenvalue weighted by atomic mass is 10.1. The van der Waals surface area contributed by atoms with Gasteiger partial charge in [0.05, 0.1) is 46.5 Å². The number of sulfonamides is 1. The maximum Gasteiger partial charge on any atom is 0.232 e. The van der Waals surface area contributed by atoms with E-state index in [1.165, 1.54) is 6.07 Å². The van der Waals surface area contributed by atoms with Crippen LogP contribution in [0.3, 0.4) is 0 Å². The molecule has 2 atom stereocenters. The van der Waals surface area contributed by atoms with E-state index in [1.54, 1.807) is 0 Å². The molecule has 0 fully saturated rings. The zero-order valence-corrected chi connectivity index (χ0v) is 13.7. The molecule has 1 aliphatic rings. The van der Waals surface area contributed by atoms with E-state index in [2.05, 4.69) is 10.6 Å². The Labute approximate surface area is 137 Å². The molecule has 2 unspecified atom stereocenters. The number of nitrogens with one attached hydrogen (secondary N) is 2. The Bertz CT molecular complexity index is 685.